The second-order valence-electron chi connectivity index (χ2n) is 7.34. The maximum absolute atomic E-state index is 5.88. The summed E-state index contributed by atoms with van der Waals surface area (Å²) in [5.74, 6) is 0.789. The van der Waals surface area contributed by atoms with Crippen molar-refractivity contribution in [2.45, 2.75) is 66.9 Å². The Kier molecular flexibility index (Phi) is 4.09. The highest BCUT2D eigenvalue weighted by Gasteiger charge is 2.32. The van der Waals surface area contributed by atoms with Crippen LogP contribution in [0.15, 0.2) is 12.3 Å². The van der Waals surface area contributed by atoms with E-state index in [-0.39, 0.29) is 5.41 Å². The van der Waals surface area contributed by atoms with Gasteiger partial charge in [0.25, 0.3) is 0 Å². The topological polar surface area (TPSA) is 9.23 Å². The zero-order chi connectivity index (χ0) is 12.4. The molecular formula is C15H28O. The summed E-state index contributed by atoms with van der Waals surface area (Å²) >= 11 is 0. The van der Waals surface area contributed by atoms with Gasteiger partial charge in [-0.3, -0.25) is 0 Å². The molecule has 2 unspecified atom stereocenters. The number of ether oxygens (including phenoxy) is 1. The van der Waals surface area contributed by atoms with E-state index in [0.717, 1.165) is 5.92 Å². The molecule has 1 rings (SSSR count). The summed E-state index contributed by atoms with van der Waals surface area (Å²) in [6.07, 6.45) is 8.20. The summed E-state index contributed by atoms with van der Waals surface area (Å²) in [6.45, 7) is 13.6. The van der Waals surface area contributed by atoms with Crippen molar-refractivity contribution < 1.29 is 4.74 Å². The molecule has 94 valence electrons. The van der Waals surface area contributed by atoms with Gasteiger partial charge in [-0.2, -0.15) is 0 Å². The fraction of sp³-hybridized carbons (Fsp3) is 0.867. The van der Waals surface area contributed by atoms with Crippen molar-refractivity contribution >= 4 is 0 Å². The monoisotopic (exact) mass is 224 g/mol. The Hall–Kier alpha value is -0.460. The van der Waals surface area contributed by atoms with Crippen LogP contribution < -0.4 is 0 Å². The molecule has 1 nitrogen and oxygen atoms in total. The van der Waals surface area contributed by atoms with Gasteiger partial charge in [0.1, 0.15) is 0 Å². The van der Waals surface area contributed by atoms with Crippen molar-refractivity contribution in [1.82, 2.24) is 0 Å². The van der Waals surface area contributed by atoms with E-state index in [9.17, 15) is 0 Å². The van der Waals surface area contributed by atoms with Crippen molar-refractivity contribution in [3.05, 3.63) is 12.3 Å². The molecule has 0 bridgehead atoms. The maximum atomic E-state index is 5.88. The summed E-state index contributed by atoms with van der Waals surface area (Å²) < 4.78 is 5.88. The molecule has 0 aromatic rings. The molecule has 1 aliphatic carbocycles. The summed E-state index contributed by atoms with van der Waals surface area (Å²) in [4.78, 5) is 0. The minimum Gasteiger partial charge on any atom is -0.498 e. The van der Waals surface area contributed by atoms with Crippen molar-refractivity contribution in [3.63, 3.8) is 0 Å². The van der Waals surface area contributed by atoms with Gasteiger partial charge in [-0.25, -0.2) is 0 Å². The first-order chi connectivity index (χ1) is 7.18. The van der Waals surface area contributed by atoms with Crippen molar-refractivity contribution in [2.75, 3.05) is 0 Å². The third-order valence-corrected chi connectivity index (χ3v) is 3.19. The van der Waals surface area contributed by atoms with Crippen molar-refractivity contribution in [3.8, 4) is 0 Å². The van der Waals surface area contributed by atoms with Gasteiger partial charge in [0.15, 0.2) is 0 Å². The third kappa shape index (κ3) is 5.05. The molecule has 0 spiro atoms. The minimum atomic E-state index is 0.218. The summed E-state index contributed by atoms with van der Waals surface area (Å²) in [7, 11) is 0. The number of allylic oxidation sites excluding steroid dienone is 1. The SMILES string of the molecule is CC1CC(OC=CC(C)(C)C)CC(C)(C)C1. The largest absolute Gasteiger partial charge is 0.498 e. The number of hydrogen-bond donors (Lipinski definition) is 0. The average molecular weight is 224 g/mol. The summed E-state index contributed by atoms with van der Waals surface area (Å²) in [5.41, 5.74) is 0.660. The standard InChI is InChI=1S/C15H28O/c1-12-9-13(11-15(5,6)10-12)16-8-7-14(2,3)4/h7-8,12-13H,9-11H2,1-6H3. The van der Waals surface area contributed by atoms with Gasteiger partial charge in [0, 0.05) is 0 Å². The molecule has 0 amide bonds. The van der Waals surface area contributed by atoms with Crippen LogP contribution >= 0.6 is 0 Å². The molecule has 2 atom stereocenters. The van der Waals surface area contributed by atoms with Gasteiger partial charge in [-0.15, -0.1) is 0 Å². The van der Waals surface area contributed by atoms with Crippen molar-refractivity contribution in [1.29, 1.82) is 0 Å². The smallest absolute Gasteiger partial charge is 0.0985 e. The highest BCUT2D eigenvalue weighted by atomic mass is 16.5. The van der Waals surface area contributed by atoms with E-state index >= 15 is 0 Å². The fourth-order valence-electron chi connectivity index (χ4n) is 2.72. The quantitative estimate of drug-likeness (QED) is 0.613. The van der Waals surface area contributed by atoms with E-state index in [1.807, 2.05) is 6.26 Å². The van der Waals surface area contributed by atoms with Crippen LogP contribution in [0.4, 0.5) is 0 Å². The fourth-order valence-corrected chi connectivity index (χ4v) is 2.72. The van der Waals surface area contributed by atoms with Crippen LogP contribution in [0.2, 0.25) is 0 Å². The van der Waals surface area contributed by atoms with Crippen LogP contribution in [0.3, 0.4) is 0 Å². The van der Waals surface area contributed by atoms with Gasteiger partial charge >= 0.3 is 0 Å². The summed E-state index contributed by atoms with van der Waals surface area (Å²) in [5, 5.41) is 0. The first kappa shape index (κ1) is 13.6. The van der Waals surface area contributed by atoms with Gasteiger partial charge < -0.3 is 4.74 Å². The molecule has 0 aromatic carbocycles. The van der Waals surface area contributed by atoms with Crippen LogP contribution in [-0.4, -0.2) is 6.10 Å². The predicted octanol–water partition coefficient (Wildman–Crippen LogP) is 4.78. The molecule has 0 N–H and O–H groups in total. The highest BCUT2D eigenvalue weighted by molar-refractivity contribution is 4.90. The second kappa shape index (κ2) is 4.81. The Bertz CT molecular complexity index is 245. The first-order valence-electron chi connectivity index (χ1n) is 6.51. The van der Waals surface area contributed by atoms with Crippen molar-refractivity contribution in [2.24, 2.45) is 16.7 Å². The Morgan fingerprint density at radius 2 is 1.81 bits per heavy atom. The molecule has 0 heterocycles. The van der Waals surface area contributed by atoms with Crippen LogP contribution in [-0.2, 0) is 4.74 Å². The van der Waals surface area contributed by atoms with Crippen LogP contribution in [0, 0.1) is 16.7 Å². The van der Waals surface area contributed by atoms with E-state index in [1.165, 1.54) is 19.3 Å². The zero-order valence-corrected chi connectivity index (χ0v) is 11.8. The average Bonchev–Trinajstić information content (AvgIpc) is 1.96. The van der Waals surface area contributed by atoms with Gasteiger partial charge in [0.05, 0.1) is 12.4 Å². The molecular weight excluding hydrogens is 196 g/mol. The van der Waals surface area contributed by atoms with Gasteiger partial charge in [0.2, 0.25) is 0 Å². The third-order valence-electron chi connectivity index (χ3n) is 3.19. The molecule has 16 heavy (non-hydrogen) atoms. The van der Waals surface area contributed by atoms with Crippen LogP contribution in [0.1, 0.15) is 60.8 Å². The van der Waals surface area contributed by atoms with Crippen LogP contribution in [0.25, 0.3) is 0 Å². The molecule has 0 radical (unpaired) electrons. The number of rotatable bonds is 2. The number of hydrogen-bond acceptors (Lipinski definition) is 1. The minimum absolute atomic E-state index is 0.218. The molecule has 1 saturated carbocycles. The second-order valence-corrected chi connectivity index (χ2v) is 7.34. The zero-order valence-electron chi connectivity index (χ0n) is 11.8. The Balaban J connectivity index is 2.46. The van der Waals surface area contributed by atoms with Gasteiger partial charge in [-0.05, 0) is 42.1 Å². The van der Waals surface area contributed by atoms with E-state index in [4.69, 9.17) is 4.74 Å². The Morgan fingerprint density at radius 1 is 1.19 bits per heavy atom. The van der Waals surface area contributed by atoms with Gasteiger partial charge in [-0.1, -0.05) is 41.5 Å². The molecule has 1 fully saturated rings. The Labute approximate surface area is 101 Å². The molecule has 1 heteroatoms. The lowest BCUT2D eigenvalue weighted by Crippen LogP contribution is -2.31. The van der Waals surface area contributed by atoms with E-state index in [2.05, 4.69) is 47.6 Å². The summed E-state index contributed by atoms with van der Waals surface area (Å²) in [6, 6.07) is 0. The maximum Gasteiger partial charge on any atom is 0.0985 e. The lowest BCUT2D eigenvalue weighted by Gasteiger charge is -2.38. The molecule has 0 aromatic heterocycles. The first-order valence-corrected chi connectivity index (χ1v) is 6.51. The lowest BCUT2D eigenvalue weighted by molar-refractivity contribution is 0.0263. The van der Waals surface area contributed by atoms with E-state index in [0.29, 0.717) is 11.5 Å². The lowest BCUT2D eigenvalue weighted by atomic mass is 9.71. The molecule has 0 aliphatic heterocycles. The van der Waals surface area contributed by atoms with E-state index in [1.54, 1.807) is 0 Å². The van der Waals surface area contributed by atoms with E-state index < -0.39 is 0 Å². The van der Waals surface area contributed by atoms with Crippen LogP contribution in [0.5, 0.6) is 0 Å². The predicted molar refractivity (Wildman–Crippen MR) is 70.3 cm³/mol. The normalized spacial score (nSPS) is 30.6. The Morgan fingerprint density at radius 3 is 2.31 bits per heavy atom. The molecule has 0 saturated heterocycles. The molecule has 1 aliphatic rings. The highest BCUT2D eigenvalue weighted by Crippen LogP contribution is 2.39.